The normalized spacial score (nSPS) is 15.1. The van der Waals surface area contributed by atoms with Crippen LogP contribution in [0.1, 0.15) is 0 Å². The molecule has 0 atom stereocenters. The van der Waals surface area contributed by atoms with Gasteiger partial charge in [-0.05, 0) is 15.9 Å². The molecule has 0 aromatic carbocycles. The van der Waals surface area contributed by atoms with Crippen molar-refractivity contribution in [3.05, 3.63) is 35.6 Å². The van der Waals surface area contributed by atoms with Gasteiger partial charge in [0.25, 0.3) is 0 Å². The molecule has 1 saturated heterocycles. The van der Waals surface area contributed by atoms with Crippen molar-refractivity contribution in [1.29, 1.82) is 0 Å². The minimum atomic E-state index is 0.353. The summed E-state index contributed by atoms with van der Waals surface area (Å²) in [6.07, 6.45) is 8.81. The Morgan fingerprint density at radius 2 is 2.00 bits per heavy atom. The Hall–Kier alpha value is -2.29. The third-order valence-electron chi connectivity index (χ3n) is 3.83. The van der Waals surface area contributed by atoms with Gasteiger partial charge in [0.15, 0.2) is 5.82 Å². The molecule has 0 unspecified atom stereocenters. The number of likely N-dealkylation sites (N-methyl/N-ethyl adjacent to an activating group) is 1. The number of nitrogens with zero attached hydrogens (tertiary/aromatic N) is 8. The molecule has 3 aromatic rings. The third-order valence-corrected chi connectivity index (χ3v) is 4.24. The Labute approximate surface area is 135 Å². The van der Waals surface area contributed by atoms with Crippen molar-refractivity contribution in [3.63, 3.8) is 0 Å². The Morgan fingerprint density at radius 3 is 2.77 bits per heavy atom. The van der Waals surface area contributed by atoms with E-state index in [-0.39, 0.29) is 0 Å². The van der Waals surface area contributed by atoms with E-state index in [0.29, 0.717) is 6.04 Å². The standard InChI is InChI=1S/C13H13BrN8/c1-20(13-16-4-9(14)5-17-13)10-6-22(7-10)11-12-19-18-8-21(12)3-2-15-11/h2-5,8,10H,6-7H2,1H3. The van der Waals surface area contributed by atoms with Crippen molar-refractivity contribution in [2.75, 3.05) is 29.9 Å². The molecule has 112 valence electrons. The Morgan fingerprint density at radius 1 is 1.23 bits per heavy atom. The molecule has 3 aromatic heterocycles. The van der Waals surface area contributed by atoms with Gasteiger partial charge in [-0.3, -0.25) is 4.40 Å². The molecule has 1 aliphatic heterocycles. The van der Waals surface area contributed by atoms with Crippen LogP contribution in [0.5, 0.6) is 0 Å². The summed E-state index contributed by atoms with van der Waals surface area (Å²) in [5.74, 6) is 1.59. The number of anilines is 2. The van der Waals surface area contributed by atoms with Crippen LogP contribution >= 0.6 is 15.9 Å². The minimum absolute atomic E-state index is 0.353. The van der Waals surface area contributed by atoms with Gasteiger partial charge in [0.05, 0.1) is 10.5 Å². The first-order chi connectivity index (χ1) is 10.7. The molecule has 1 fully saturated rings. The fraction of sp³-hybridized carbons (Fsp3) is 0.308. The lowest BCUT2D eigenvalue weighted by atomic mass is 10.1. The first-order valence-electron chi connectivity index (χ1n) is 6.82. The predicted molar refractivity (Wildman–Crippen MR) is 84.9 cm³/mol. The Balaban J connectivity index is 1.49. The Bertz CT molecular complexity index is 795. The molecule has 0 saturated carbocycles. The predicted octanol–water partition coefficient (Wildman–Crippen LogP) is 1.00. The highest BCUT2D eigenvalue weighted by molar-refractivity contribution is 9.10. The monoisotopic (exact) mass is 360 g/mol. The SMILES string of the molecule is CN(c1ncc(Br)cn1)C1CN(c2nccn3cnnc23)C1. The van der Waals surface area contributed by atoms with Crippen LogP contribution in [0.4, 0.5) is 11.8 Å². The van der Waals surface area contributed by atoms with Gasteiger partial charge in [-0.25, -0.2) is 15.0 Å². The van der Waals surface area contributed by atoms with E-state index >= 15 is 0 Å². The van der Waals surface area contributed by atoms with E-state index in [4.69, 9.17) is 0 Å². The summed E-state index contributed by atoms with van der Waals surface area (Å²) in [6, 6.07) is 0.353. The van der Waals surface area contributed by atoms with Gasteiger partial charge in [0.1, 0.15) is 6.33 Å². The summed E-state index contributed by atoms with van der Waals surface area (Å²) in [4.78, 5) is 17.4. The molecular formula is C13H13BrN8. The summed E-state index contributed by atoms with van der Waals surface area (Å²) in [5.41, 5.74) is 0.781. The lowest BCUT2D eigenvalue weighted by Crippen LogP contribution is -2.59. The molecule has 9 heteroatoms. The lowest BCUT2D eigenvalue weighted by Gasteiger charge is -2.44. The summed E-state index contributed by atoms with van der Waals surface area (Å²) >= 11 is 3.35. The molecule has 0 radical (unpaired) electrons. The van der Waals surface area contributed by atoms with Gasteiger partial charge in [-0.1, -0.05) is 0 Å². The van der Waals surface area contributed by atoms with Crippen LogP contribution in [0.15, 0.2) is 35.6 Å². The summed E-state index contributed by atoms with van der Waals surface area (Å²) in [7, 11) is 2.01. The smallest absolute Gasteiger partial charge is 0.225 e. The van der Waals surface area contributed by atoms with Crippen molar-refractivity contribution in [2.24, 2.45) is 0 Å². The molecular weight excluding hydrogens is 348 g/mol. The van der Waals surface area contributed by atoms with Crippen LogP contribution in [-0.2, 0) is 0 Å². The highest BCUT2D eigenvalue weighted by Gasteiger charge is 2.33. The quantitative estimate of drug-likeness (QED) is 0.689. The maximum atomic E-state index is 4.43. The second-order valence-electron chi connectivity index (χ2n) is 5.18. The van der Waals surface area contributed by atoms with Crippen LogP contribution < -0.4 is 9.80 Å². The lowest BCUT2D eigenvalue weighted by molar-refractivity contribution is 0.487. The average Bonchev–Trinajstić information content (AvgIpc) is 2.95. The second-order valence-corrected chi connectivity index (χ2v) is 6.10. The first kappa shape index (κ1) is 13.4. The molecule has 8 nitrogen and oxygen atoms in total. The number of halogens is 1. The summed E-state index contributed by atoms with van der Waals surface area (Å²) in [6.45, 7) is 1.71. The minimum Gasteiger partial charge on any atom is -0.349 e. The van der Waals surface area contributed by atoms with Crippen molar-refractivity contribution in [3.8, 4) is 0 Å². The van der Waals surface area contributed by atoms with Crippen LogP contribution in [0, 0.1) is 0 Å². The zero-order valence-corrected chi connectivity index (χ0v) is 13.4. The topological polar surface area (TPSA) is 75.3 Å². The number of rotatable bonds is 3. The average molecular weight is 361 g/mol. The van der Waals surface area contributed by atoms with E-state index in [0.717, 1.165) is 35.0 Å². The molecule has 22 heavy (non-hydrogen) atoms. The van der Waals surface area contributed by atoms with E-state index in [2.05, 4.69) is 50.9 Å². The van der Waals surface area contributed by atoms with Gasteiger partial charge in [0, 0.05) is 44.9 Å². The van der Waals surface area contributed by atoms with Crippen molar-refractivity contribution in [1.82, 2.24) is 29.5 Å². The van der Waals surface area contributed by atoms with Crippen molar-refractivity contribution < 1.29 is 0 Å². The fourth-order valence-electron chi connectivity index (χ4n) is 2.49. The van der Waals surface area contributed by atoms with Gasteiger partial charge in [-0.15, -0.1) is 10.2 Å². The summed E-state index contributed by atoms with van der Waals surface area (Å²) in [5, 5.41) is 8.05. The zero-order valence-electron chi connectivity index (χ0n) is 11.8. The van der Waals surface area contributed by atoms with E-state index in [1.165, 1.54) is 0 Å². The van der Waals surface area contributed by atoms with Gasteiger partial charge >= 0.3 is 0 Å². The maximum Gasteiger partial charge on any atom is 0.225 e. The first-order valence-corrected chi connectivity index (χ1v) is 7.61. The molecule has 1 aliphatic rings. The second kappa shape index (κ2) is 5.16. The maximum absolute atomic E-state index is 4.43. The van der Waals surface area contributed by atoms with Crippen LogP contribution in [0.2, 0.25) is 0 Å². The molecule has 4 heterocycles. The molecule has 0 amide bonds. The molecule has 0 N–H and O–H groups in total. The number of hydrogen-bond donors (Lipinski definition) is 0. The molecule has 0 spiro atoms. The van der Waals surface area contributed by atoms with Gasteiger partial charge in [0.2, 0.25) is 11.6 Å². The Kier molecular flexibility index (Phi) is 3.14. The largest absolute Gasteiger partial charge is 0.349 e. The number of aromatic nitrogens is 6. The highest BCUT2D eigenvalue weighted by Crippen LogP contribution is 2.25. The van der Waals surface area contributed by atoms with E-state index in [1.807, 2.05) is 17.6 Å². The zero-order chi connectivity index (χ0) is 15.1. The number of hydrogen-bond acceptors (Lipinski definition) is 7. The van der Waals surface area contributed by atoms with E-state index < -0.39 is 0 Å². The number of fused-ring (bicyclic) bond motifs is 1. The van der Waals surface area contributed by atoms with Crippen LogP contribution in [0.3, 0.4) is 0 Å². The summed E-state index contributed by atoms with van der Waals surface area (Å²) < 4.78 is 2.75. The van der Waals surface area contributed by atoms with Gasteiger partial charge < -0.3 is 9.80 Å². The third kappa shape index (κ3) is 2.17. The fourth-order valence-corrected chi connectivity index (χ4v) is 2.70. The highest BCUT2D eigenvalue weighted by atomic mass is 79.9. The van der Waals surface area contributed by atoms with E-state index in [9.17, 15) is 0 Å². The van der Waals surface area contributed by atoms with Crippen LogP contribution in [0.25, 0.3) is 5.65 Å². The molecule has 0 bridgehead atoms. The van der Waals surface area contributed by atoms with Crippen LogP contribution in [-0.4, -0.2) is 55.7 Å². The van der Waals surface area contributed by atoms with Crippen molar-refractivity contribution in [2.45, 2.75) is 6.04 Å². The van der Waals surface area contributed by atoms with Gasteiger partial charge in [-0.2, -0.15) is 0 Å². The van der Waals surface area contributed by atoms with Crippen molar-refractivity contribution >= 4 is 33.3 Å². The molecule has 4 rings (SSSR count). The molecule has 0 aliphatic carbocycles. The van der Waals surface area contributed by atoms with E-state index in [1.54, 1.807) is 24.9 Å².